The number of hydrogen-bond donors (Lipinski definition) is 4. The van der Waals surface area contributed by atoms with Crippen LogP contribution in [0.3, 0.4) is 0 Å². The molecule has 228 valence electrons. The summed E-state index contributed by atoms with van der Waals surface area (Å²) >= 11 is 0. The molecular weight excluding hydrogens is 524 g/mol. The Kier molecular flexibility index (Phi) is 14.5. The highest BCUT2D eigenvalue weighted by molar-refractivity contribution is 5.65. The molecule has 0 aromatic heterocycles. The van der Waals surface area contributed by atoms with E-state index in [-0.39, 0.29) is 31.5 Å². The van der Waals surface area contributed by atoms with Crippen LogP contribution < -0.4 is 5.32 Å². The van der Waals surface area contributed by atoms with E-state index in [4.69, 9.17) is 19.7 Å². The van der Waals surface area contributed by atoms with Gasteiger partial charge in [0.1, 0.15) is 0 Å². The molecule has 0 aliphatic carbocycles. The van der Waals surface area contributed by atoms with Gasteiger partial charge < -0.3 is 30.1 Å². The number of carbonyl (C=O) groups is 1. The number of benzene rings is 2. The number of nitrogens with one attached hydrogen (secondary N) is 1. The Labute approximate surface area is 244 Å². The molecule has 2 saturated heterocycles. The molecule has 2 fully saturated rings. The molecule has 0 radical (unpaired) electrons. The molecule has 4 atom stereocenters. The van der Waals surface area contributed by atoms with Crippen molar-refractivity contribution in [2.45, 2.75) is 50.2 Å². The van der Waals surface area contributed by atoms with E-state index in [1.165, 1.54) is 11.1 Å². The van der Waals surface area contributed by atoms with Crippen LogP contribution in [-0.4, -0.2) is 127 Å². The van der Waals surface area contributed by atoms with Gasteiger partial charge in [0.05, 0.1) is 31.5 Å². The molecule has 4 rings (SSSR count). The first-order valence-electron chi connectivity index (χ1n) is 14.5. The van der Waals surface area contributed by atoms with E-state index in [1.54, 1.807) is 7.11 Å². The third-order valence-corrected chi connectivity index (χ3v) is 7.92. The Morgan fingerprint density at radius 1 is 0.829 bits per heavy atom. The van der Waals surface area contributed by atoms with E-state index < -0.39 is 6.09 Å². The molecule has 10 nitrogen and oxygen atoms in total. The number of piperidine rings is 2. The number of amides is 1. The van der Waals surface area contributed by atoms with Gasteiger partial charge in [0, 0.05) is 66.1 Å². The standard InChI is InChI=1S/C22H30N2O2.C9H18N2O4/c1-26-22-18-23(14-15-25)13-12-21(22)24(16-19-8-4-2-5-9-19)17-20-10-6-3-7-11-20;1-15-8-6-11(4-5-12)3-2-7(8)10-9(13)14/h2-11,21-22,25H,12-18H2,1H3;7-8,10,12H,2-6H2,1H3,(H,13,14)/t21-,22+;7-,8+/m00/s1. The lowest BCUT2D eigenvalue weighted by Gasteiger charge is -2.43. The topological polar surface area (TPSA) is 118 Å². The van der Waals surface area contributed by atoms with Crippen molar-refractivity contribution in [2.75, 3.05) is 66.7 Å². The molecule has 0 bridgehead atoms. The van der Waals surface area contributed by atoms with Crippen molar-refractivity contribution >= 4 is 6.09 Å². The minimum atomic E-state index is -1.02. The number of β-amino-alcohol motifs (C(OH)–C–C–N with tert-alkyl or cyclic N) is 2. The van der Waals surface area contributed by atoms with Crippen molar-refractivity contribution < 1.29 is 29.6 Å². The van der Waals surface area contributed by atoms with Gasteiger partial charge in [-0.15, -0.1) is 0 Å². The summed E-state index contributed by atoms with van der Waals surface area (Å²) in [6.45, 7) is 6.82. The fraction of sp³-hybridized carbons (Fsp3) is 0.581. The Hall–Kier alpha value is -2.57. The highest BCUT2D eigenvalue weighted by Gasteiger charge is 2.33. The van der Waals surface area contributed by atoms with Crippen LogP contribution in [0.25, 0.3) is 0 Å². The predicted octanol–water partition coefficient (Wildman–Crippen LogP) is 2.11. The summed E-state index contributed by atoms with van der Waals surface area (Å²) in [5.41, 5.74) is 2.66. The molecule has 4 N–H and O–H groups in total. The second-order valence-electron chi connectivity index (χ2n) is 10.7. The van der Waals surface area contributed by atoms with Crippen LogP contribution >= 0.6 is 0 Å². The number of carboxylic acid groups (broad SMARTS) is 1. The lowest BCUT2D eigenvalue weighted by Crippen LogP contribution is -2.54. The molecular formula is C31H48N4O6. The van der Waals surface area contributed by atoms with Crippen molar-refractivity contribution in [3.63, 3.8) is 0 Å². The maximum absolute atomic E-state index is 10.5. The number of likely N-dealkylation sites (tertiary alicyclic amines) is 2. The van der Waals surface area contributed by atoms with Crippen LogP contribution in [-0.2, 0) is 22.6 Å². The van der Waals surface area contributed by atoms with Crippen LogP contribution in [0, 0.1) is 0 Å². The zero-order valence-electron chi connectivity index (χ0n) is 24.5. The van der Waals surface area contributed by atoms with Crippen molar-refractivity contribution in [3.8, 4) is 0 Å². The first kappa shape index (κ1) is 32.9. The lowest BCUT2D eigenvalue weighted by atomic mass is 9.98. The van der Waals surface area contributed by atoms with Crippen LogP contribution in [0.4, 0.5) is 4.79 Å². The van der Waals surface area contributed by atoms with E-state index >= 15 is 0 Å². The molecule has 2 heterocycles. The molecule has 2 aliphatic rings. The monoisotopic (exact) mass is 572 g/mol. The Morgan fingerprint density at radius 2 is 1.32 bits per heavy atom. The van der Waals surface area contributed by atoms with Gasteiger partial charge in [0.15, 0.2) is 0 Å². The molecule has 10 heteroatoms. The number of aliphatic hydroxyl groups excluding tert-OH is 2. The van der Waals surface area contributed by atoms with Crippen LogP contribution in [0.1, 0.15) is 24.0 Å². The van der Waals surface area contributed by atoms with Crippen LogP contribution in [0.5, 0.6) is 0 Å². The molecule has 0 spiro atoms. The maximum Gasteiger partial charge on any atom is 0.404 e. The minimum absolute atomic E-state index is 0.119. The predicted molar refractivity (Wildman–Crippen MR) is 159 cm³/mol. The normalized spacial score (nSPS) is 23.5. The number of aliphatic hydroxyl groups is 2. The fourth-order valence-electron chi connectivity index (χ4n) is 5.78. The fourth-order valence-corrected chi connectivity index (χ4v) is 5.78. The van der Waals surface area contributed by atoms with E-state index in [0.717, 1.165) is 45.7 Å². The summed E-state index contributed by atoms with van der Waals surface area (Å²) in [6, 6.07) is 21.6. The highest BCUT2D eigenvalue weighted by Crippen LogP contribution is 2.23. The minimum Gasteiger partial charge on any atom is -0.465 e. The van der Waals surface area contributed by atoms with E-state index in [1.807, 2.05) is 7.11 Å². The maximum atomic E-state index is 10.5. The second kappa shape index (κ2) is 18.1. The number of ether oxygens (including phenoxy) is 2. The summed E-state index contributed by atoms with van der Waals surface area (Å²) in [5.74, 6) is 0. The van der Waals surface area contributed by atoms with E-state index in [2.05, 4.69) is 80.7 Å². The molecule has 41 heavy (non-hydrogen) atoms. The SMILES string of the molecule is CO[C@@H]1CN(CCO)CC[C@@H]1N(Cc1ccccc1)Cc1ccccc1.CO[C@@H]1CN(CCO)CC[C@@H]1NC(=O)O. The third kappa shape index (κ3) is 11.0. The number of hydrogen-bond acceptors (Lipinski definition) is 8. The quantitative estimate of drug-likeness (QED) is 0.303. The average Bonchev–Trinajstić information content (AvgIpc) is 2.99. The highest BCUT2D eigenvalue weighted by atomic mass is 16.5. The summed E-state index contributed by atoms with van der Waals surface area (Å²) in [4.78, 5) is 17.4. The third-order valence-electron chi connectivity index (χ3n) is 7.92. The van der Waals surface area contributed by atoms with E-state index in [0.29, 0.717) is 25.6 Å². The first-order valence-corrected chi connectivity index (χ1v) is 14.5. The van der Waals surface area contributed by atoms with Gasteiger partial charge in [-0.1, -0.05) is 60.7 Å². The molecule has 2 aromatic rings. The first-order chi connectivity index (χ1) is 20.0. The Morgan fingerprint density at radius 3 is 1.78 bits per heavy atom. The van der Waals surface area contributed by atoms with Gasteiger partial charge in [-0.25, -0.2) is 4.79 Å². The molecule has 2 aliphatic heterocycles. The lowest BCUT2D eigenvalue weighted by molar-refractivity contribution is -0.0458. The van der Waals surface area contributed by atoms with E-state index in [9.17, 15) is 9.90 Å². The van der Waals surface area contributed by atoms with Crippen molar-refractivity contribution in [3.05, 3.63) is 71.8 Å². The van der Waals surface area contributed by atoms with Crippen molar-refractivity contribution in [1.82, 2.24) is 20.0 Å². The smallest absolute Gasteiger partial charge is 0.404 e. The Balaban J connectivity index is 0.000000263. The molecule has 2 aromatic carbocycles. The summed E-state index contributed by atoms with van der Waals surface area (Å²) < 4.78 is 11.1. The van der Waals surface area contributed by atoms with Crippen molar-refractivity contribution in [1.29, 1.82) is 0 Å². The van der Waals surface area contributed by atoms with Gasteiger partial charge in [0.25, 0.3) is 0 Å². The van der Waals surface area contributed by atoms with Crippen LogP contribution in [0.2, 0.25) is 0 Å². The second-order valence-corrected chi connectivity index (χ2v) is 10.7. The molecule has 1 amide bonds. The zero-order chi connectivity index (χ0) is 29.5. The number of rotatable bonds is 12. The van der Waals surface area contributed by atoms with Gasteiger partial charge in [-0.05, 0) is 30.5 Å². The number of methoxy groups -OCH3 is 2. The molecule has 0 saturated carbocycles. The van der Waals surface area contributed by atoms with Gasteiger partial charge in [-0.3, -0.25) is 14.7 Å². The molecule has 0 unspecified atom stereocenters. The van der Waals surface area contributed by atoms with Crippen LogP contribution in [0.15, 0.2) is 60.7 Å². The van der Waals surface area contributed by atoms with Crippen molar-refractivity contribution in [2.24, 2.45) is 0 Å². The summed E-state index contributed by atoms with van der Waals surface area (Å²) in [5, 5.41) is 29.1. The summed E-state index contributed by atoms with van der Waals surface area (Å²) in [7, 11) is 3.38. The number of nitrogens with zero attached hydrogens (tertiary/aromatic N) is 3. The zero-order valence-corrected chi connectivity index (χ0v) is 24.5. The van der Waals surface area contributed by atoms with Gasteiger partial charge in [0.2, 0.25) is 0 Å². The Bertz CT molecular complexity index is 944. The van der Waals surface area contributed by atoms with Gasteiger partial charge >= 0.3 is 6.09 Å². The summed E-state index contributed by atoms with van der Waals surface area (Å²) in [6.07, 6.45) is 0.768. The van der Waals surface area contributed by atoms with Gasteiger partial charge in [-0.2, -0.15) is 0 Å². The largest absolute Gasteiger partial charge is 0.465 e. The average molecular weight is 573 g/mol.